The fraction of sp³-hybridized carbons (Fsp3) is 0.316. The monoisotopic (exact) mass is 321 g/mol. The molecule has 3 N–H and O–H groups in total. The molecule has 0 aromatic heterocycles. The van der Waals surface area contributed by atoms with Crippen molar-refractivity contribution in [1.82, 2.24) is 10.2 Å². The summed E-state index contributed by atoms with van der Waals surface area (Å²) in [5.74, 6) is 0.943. The minimum atomic E-state index is 0.804. The van der Waals surface area contributed by atoms with Crippen LogP contribution in [0.1, 0.15) is 5.56 Å². The van der Waals surface area contributed by atoms with Gasteiger partial charge in [0.2, 0.25) is 0 Å². The van der Waals surface area contributed by atoms with Crippen molar-refractivity contribution in [3.63, 3.8) is 0 Å². The van der Waals surface area contributed by atoms with Crippen molar-refractivity contribution in [2.45, 2.75) is 0 Å². The second kappa shape index (κ2) is 7.03. The molecule has 0 radical (unpaired) electrons. The fourth-order valence-corrected chi connectivity index (χ4v) is 3.20. The van der Waals surface area contributed by atoms with E-state index in [9.17, 15) is 0 Å². The lowest BCUT2D eigenvalue weighted by atomic mass is 10.1. The SMILES string of the molecule is c1ccc2c(c1)NC(=NCCN1CCNCC1)c1ccccc1N2. The summed E-state index contributed by atoms with van der Waals surface area (Å²) in [5.41, 5.74) is 4.36. The first-order valence-corrected chi connectivity index (χ1v) is 8.60. The van der Waals surface area contributed by atoms with Gasteiger partial charge in [-0.15, -0.1) is 0 Å². The van der Waals surface area contributed by atoms with Crippen LogP contribution in [0.5, 0.6) is 0 Å². The molecule has 24 heavy (non-hydrogen) atoms. The van der Waals surface area contributed by atoms with E-state index in [1.807, 2.05) is 12.1 Å². The highest BCUT2D eigenvalue weighted by molar-refractivity contribution is 6.15. The summed E-state index contributed by atoms with van der Waals surface area (Å²) in [6.45, 7) is 6.19. The third-order valence-corrected chi connectivity index (χ3v) is 4.53. The zero-order valence-corrected chi connectivity index (χ0v) is 13.8. The van der Waals surface area contributed by atoms with Crippen molar-refractivity contribution in [2.75, 3.05) is 49.9 Å². The Morgan fingerprint density at radius 3 is 2.29 bits per heavy atom. The van der Waals surface area contributed by atoms with Crippen LogP contribution < -0.4 is 16.0 Å². The third-order valence-electron chi connectivity index (χ3n) is 4.53. The molecule has 2 aliphatic rings. The van der Waals surface area contributed by atoms with Crippen molar-refractivity contribution in [3.8, 4) is 0 Å². The highest BCUT2D eigenvalue weighted by atomic mass is 15.2. The van der Waals surface area contributed by atoms with Crippen molar-refractivity contribution < 1.29 is 0 Å². The molecular weight excluding hydrogens is 298 g/mol. The molecule has 1 fully saturated rings. The average molecular weight is 321 g/mol. The van der Waals surface area contributed by atoms with E-state index in [0.717, 1.165) is 67.7 Å². The highest BCUT2D eigenvalue weighted by Crippen LogP contribution is 2.31. The van der Waals surface area contributed by atoms with E-state index >= 15 is 0 Å². The molecule has 0 amide bonds. The lowest BCUT2D eigenvalue weighted by molar-refractivity contribution is 0.247. The first kappa shape index (κ1) is 15.2. The average Bonchev–Trinajstić information content (AvgIpc) is 2.79. The van der Waals surface area contributed by atoms with E-state index in [1.165, 1.54) is 0 Å². The Kier molecular flexibility index (Phi) is 4.44. The van der Waals surface area contributed by atoms with E-state index in [0.29, 0.717) is 0 Å². The standard InChI is InChI=1S/C19H23N5/c1-2-6-16-15(5-1)19(21-11-14-24-12-9-20-10-13-24)23-18-8-4-3-7-17(18)22-16/h1-8,20,22H,9-14H2,(H,21,23). The van der Waals surface area contributed by atoms with Crippen molar-refractivity contribution in [3.05, 3.63) is 54.1 Å². The third kappa shape index (κ3) is 3.27. The Morgan fingerprint density at radius 2 is 1.50 bits per heavy atom. The molecule has 4 rings (SSSR count). The van der Waals surface area contributed by atoms with Gasteiger partial charge in [0.05, 0.1) is 17.9 Å². The molecule has 2 aromatic rings. The van der Waals surface area contributed by atoms with Gasteiger partial charge in [0.1, 0.15) is 5.84 Å². The number of piperazine rings is 1. The largest absolute Gasteiger partial charge is 0.353 e. The van der Waals surface area contributed by atoms with Gasteiger partial charge in [0.25, 0.3) is 0 Å². The van der Waals surface area contributed by atoms with Crippen LogP contribution in [0.25, 0.3) is 0 Å². The van der Waals surface area contributed by atoms with Gasteiger partial charge in [-0.3, -0.25) is 9.89 Å². The quantitative estimate of drug-likeness (QED) is 0.813. The number of para-hydroxylation sites is 3. The molecule has 0 atom stereocenters. The lowest BCUT2D eigenvalue weighted by Gasteiger charge is -2.26. The van der Waals surface area contributed by atoms with E-state index in [2.05, 4.69) is 57.2 Å². The Morgan fingerprint density at radius 1 is 0.833 bits per heavy atom. The van der Waals surface area contributed by atoms with Crippen molar-refractivity contribution >= 4 is 22.9 Å². The molecule has 2 heterocycles. The minimum absolute atomic E-state index is 0.804. The Labute approximate surface area is 142 Å². The zero-order chi connectivity index (χ0) is 16.2. The maximum absolute atomic E-state index is 4.88. The normalized spacial score (nSPS) is 18.9. The summed E-state index contributed by atoms with van der Waals surface area (Å²) >= 11 is 0. The minimum Gasteiger partial charge on any atom is -0.353 e. The smallest absolute Gasteiger partial charge is 0.134 e. The summed E-state index contributed by atoms with van der Waals surface area (Å²) in [6, 6.07) is 16.6. The summed E-state index contributed by atoms with van der Waals surface area (Å²) in [7, 11) is 0. The summed E-state index contributed by atoms with van der Waals surface area (Å²) < 4.78 is 0. The lowest BCUT2D eigenvalue weighted by Crippen LogP contribution is -2.44. The van der Waals surface area contributed by atoms with Crippen LogP contribution in [0.3, 0.4) is 0 Å². The number of benzene rings is 2. The van der Waals surface area contributed by atoms with Crippen LogP contribution in [0.2, 0.25) is 0 Å². The van der Waals surface area contributed by atoms with Crippen LogP contribution in [-0.2, 0) is 0 Å². The second-order valence-electron chi connectivity index (χ2n) is 6.16. The molecule has 0 unspecified atom stereocenters. The zero-order valence-electron chi connectivity index (χ0n) is 13.8. The number of hydrogen-bond donors (Lipinski definition) is 3. The van der Waals surface area contributed by atoms with Gasteiger partial charge in [-0.25, -0.2) is 0 Å². The summed E-state index contributed by atoms with van der Waals surface area (Å²) in [5, 5.41) is 10.4. The van der Waals surface area contributed by atoms with E-state index in [1.54, 1.807) is 0 Å². The number of nitrogens with one attached hydrogen (secondary N) is 3. The topological polar surface area (TPSA) is 51.7 Å². The first-order chi connectivity index (χ1) is 11.9. The molecule has 1 saturated heterocycles. The van der Waals surface area contributed by atoms with Crippen LogP contribution in [0, 0.1) is 0 Å². The first-order valence-electron chi connectivity index (χ1n) is 8.60. The van der Waals surface area contributed by atoms with Crippen molar-refractivity contribution in [2.24, 2.45) is 4.99 Å². The van der Waals surface area contributed by atoms with Gasteiger partial charge < -0.3 is 16.0 Å². The molecular formula is C19H23N5. The fourth-order valence-electron chi connectivity index (χ4n) is 3.20. The van der Waals surface area contributed by atoms with E-state index < -0.39 is 0 Å². The number of rotatable bonds is 3. The molecule has 2 aliphatic heterocycles. The van der Waals surface area contributed by atoms with Gasteiger partial charge >= 0.3 is 0 Å². The molecule has 0 spiro atoms. The van der Waals surface area contributed by atoms with Gasteiger partial charge in [0, 0.05) is 44.0 Å². The van der Waals surface area contributed by atoms with Gasteiger partial charge in [-0.2, -0.15) is 0 Å². The molecule has 0 saturated carbocycles. The van der Waals surface area contributed by atoms with Gasteiger partial charge in [0.15, 0.2) is 0 Å². The van der Waals surface area contributed by atoms with Crippen LogP contribution >= 0.6 is 0 Å². The number of hydrogen-bond acceptors (Lipinski definition) is 4. The maximum Gasteiger partial charge on any atom is 0.134 e. The van der Waals surface area contributed by atoms with Crippen LogP contribution in [0.15, 0.2) is 53.5 Å². The second-order valence-corrected chi connectivity index (χ2v) is 6.16. The Hall–Kier alpha value is -2.37. The Bertz CT molecular complexity index is 734. The molecule has 124 valence electrons. The van der Waals surface area contributed by atoms with Crippen LogP contribution in [-0.4, -0.2) is 50.0 Å². The Balaban J connectivity index is 1.57. The number of fused-ring (bicyclic) bond motifs is 2. The van der Waals surface area contributed by atoms with E-state index in [-0.39, 0.29) is 0 Å². The van der Waals surface area contributed by atoms with E-state index in [4.69, 9.17) is 4.99 Å². The number of aliphatic imine (C=N–C) groups is 1. The molecule has 2 aromatic carbocycles. The molecule has 0 bridgehead atoms. The van der Waals surface area contributed by atoms with Gasteiger partial charge in [-0.1, -0.05) is 24.3 Å². The highest BCUT2D eigenvalue weighted by Gasteiger charge is 2.16. The van der Waals surface area contributed by atoms with Crippen LogP contribution in [0.4, 0.5) is 17.1 Å². The predicted octanol–water partition coefficient (Wildman–Crippen LogP) is 2.51. The maximum atomic E-state index is 4.88. The molecule has 5 heteroatoms. The number of anilines is 3. The molecule has 0 aliphatic carbocycles. The molecule has 5 nitrogen and oxygen atoms in total. The number of nitrogens with zero attached hydrogens (tertiary/aromatic N) is 2. The predicted molar refractivity (Wildman–Crippen MR) is 101 cm³/mol. The number of amidine groups is 1. The summed E-state index contributed by atoms with van der Waals surface area (Å²) in [6.07, 6.45) is 0. The van der Waals surface area contributed by atoms with Gasteiger partial charge in [-0.05, 0) is 24.3 Å². The summed E-state index contributed by atoms with van der Waals surface area (Å²) in [4.78, 5) is 7.35. The van der Waals surface area contributed by atoms with Crippen molar-refractivity contribution in [1.29, 1.82) is 0 Å².